The summed E-state index contributed by atoms with van der Waals surface area (Å²) in [6.07, 6.45) is -0.0487. The van der Waals surface area contributed by atoms with Gasteiger partial charge in [-0.15, -0.1) is 0 Å². The van der Waals surface area contributed by atoms with Crippen LogP contribution in [0.15, 0.2) is 48.5 Å². The molecule has 0 spiro atoms. The molecule has 146 valence electrons. The molecular formula is C21H23FN4O2. The molecule has 1 N–H and O–H groups in total. The fraction of sp³-hybridized carbons (Fsp3) is 0.333. The second-order valence-electron chi connectivity index (χ2n) is 7.24. The van der Waals surface area contributed by atoms with Crippen LogP contribution in [-0.2, 0) is 4.79 Å². The molecular weight excluding hydrogens is 359 g/mol. The van der Waals surface area contributed by atoms with Crippen molar-refractivity contribution < 1.29 is 14.0 Å². The lowest BCUT2D eigenvalue weighted by atomic mass is 10.1. The molecule has 2 fully saturated rings. The van der Waals surface area contributed by atoms with Crippen LogP contribution in [0, 0.1) is 12.7 Å². The number of nitrogens with zero attached hydrogens (tertiary/aromatic N) is 3. The monoisotopic (exact) mass is 382 g/mol. The topological polar surface area (TPSA) is 55.9 Å². The Morgan fingerprint density at radius 2 is 1.68 bits per heavy atom. The summed E-state index contributed by atoms with van der Waals surface area (Å²) in [4.78, 5) is 30.8. The molecule has 0 radical (unpaired) electrons. The van der Waals surface area contributed by atoms with Gasteiger partial charge in [-0.05, 0) is 48.9 Å². The standard InChI is InChI=1S/C21H23FN4O2/c1-15-3-2-4-18(13-15)26-20(27)14-19(23-21(26)28)25-11-9-24(10-12-25)17-7-5-16(22)6-8-17/h2-8,13,19H,9-12,14H2,1H3,(H,23,28). The molecule has 28 heavy (non-hydrogen) atoms. The van der Waals surface area contributed by atoms with Crippen LogP contribution in [0.5, 0.6) is 0 Å². The number of urea groups is 1. The quantitative estimate of drug-likeness (QED) is 0.887. The molecule has 2 saturated heterocycles. The lowest BCUT2D eigenvalue weighted by Crippen LogP contribution is -2.63. The number of amides is 3. The first-order valence-corrected chi connectivity index (χ1v) is 9.46. The number of anilines is 2. The van der Waals surface area contributed by atoms with Gasteiger partial charge in [0.25, 0.3) is 0 Å². The fourth-order valence-electron chi connectivity index (χ4n) is 3.82. The Hall–Kier alpha value is -2.93. The highest BCUT2D eigenvalue weighted by molar-refractivity contribution is 6.16. The lowest BCUT2D eigenvalue weighted by Gasteiger charge is -2.42. The van der Waals surface area contributed by atoms with Crippen LogP contribution < -0.4 is 15.1 Å². The van der Waals surface area contributed by atoms with Crippen LogP contribution in [-0.4, -0.2) is 49.2 Å². The van der Waals surface area contributed by atoms with Crippen molar-refractivity contribution in [1.82, 2.24) is 10.2 Å². The van der Waals surface area contributed by atoms with Gasteiger partial charge in [-0.3, -0.25) is 9.69 Å². The number of hydrogen-bond donors (Lipinski definition) is 1. The number of aryl methyl sites for hydroxylation is 1. The second kappa shape index (κ2) is 7.59. The summed E-state index contributed by atoms with van der Waals surface area (Å²) in [6.45, 7) is 4.89. The Balaban J connectivity index is 1.39. The zero-order valence-corrected chi connectivity index (χ0v) is 15.8. The number of carbonyl (C=O) groups is 2. The van der Waals surface area contributed by atoms with Crippen molar-refractivity contribution in [1.29, 1.82) is 0 Å². The van der Waals surface area contributed by atoms with Crippen LogP contribution in [0.2, 0.25) is 0 Å². The molecule has 3 amide bonds. The average Bonchev–Trinajstić information content (AvgIpc) is 2.68. The highest BCUT2D eigenvalue weighted by atomic mass is 19.1. The van der Waals surface area contributed by atoms with Gasteiger partial charge in [0.2, 0.25) is 5.91 Å². The molecule has 1 atom stereocenters. The molecule has 2 heterocycles. The number of hydrogen-bond acceptors (Lipinski definition) is 4. The summed E-state index contributed by atoms with van der Waals surface area (Å²) >= 11 is 0. The number of halogens is 1. The SMILES string of the molecule is Cc1cccc(N2C(=O)CC(N3CCN(c4ccc(F)cc4)CC3)NC2=O)c1. The minimum atomic E-state index is -0.382. The van der Waals surface area contributed by atoms with Gasteiger partial charge < -0.3 is 10.2 Å². The van der Waals surface area contributed by atoms with Crippen LogP contribution in [0.1, 0.15) is 12.0 Å². The number of imide groups is 1. The lowest BCUT2D eigenvalue weighted by molar-refractivity contribution is -0.120. The first-order chi connectivity index (χ1) is 13.5. The normalized spacial score (nSPS) is 21.0. The van der Waals surface area contributed by atoms with E-state index in [1.165, 1.54) is 17.0 Å². The van der Waals surface area contributed by atoms with Crippen LogP contribution >= 0.6 is 0 Å². The number of nitrogens with one attached hydrogen (secondary N) is 1. The van der Waals surface area contributed by atoms with Crippen LogP contribution in [0.3, 0.4) is 0 Å². The molecule has 6 nitrogen and oxygen atoms in total. The summed E-state index contributed by atoms with van der Waals surface area (Å²) in [7, 11) is 0. The van der Waals surface area contributed by atoms with Gasteiger partial charge in [-0.25, -0.2) is 14.1 Å². The average molecular weight is 382 g/mol. The van der Waals surface area contributed by atoms with E-state index in [0.29, 0.717) is 5.69 Å². The van der Waals surface area contributed by atoms with E-state index in [0.717, 1.165) is 37.4 Å². The smallest absolute Gasteiger partial charge is 0.329 e. The number of piperazine rings is 1. The van der Waals surface area contributed by atoms with Gasteiger partial charge in [0.1, 0.15) is 5.82 Å². The number of rotatable bonds is 3. The maximum absolute atomic E-state index is 13.1. The molecule has 0 aliphatic carbocycles. The molecule has 7 heteroatoms. The molecule has 4 rings (SSSR count). The fourth-order valence-corrected chi connectivity index (χ4v) is 3.82. The highest BCUT2D eigenvalue weighted by Gasteiger charge is 2.36. The van der Waals surface area contributed by atoms with Crippen molar-refractivity contribution in [2.75, 3.05) is 36.0 Å². The predicted molar refractivity (Wildman–Crippen MR) is 106 cm³/mol. The van der Waals surface area contributed by atoms with Crippen molar-refractivity contribution >= 4 is 23.3 Å². The Morgan fingerprint density at radius 3 is 2.32 bits per heavy atom. The molecule has 0 aromatic heterocycles. The summed E-state index contributed by atoms with van der Waals surface area (Å²) in [6, 6.07) is 13.5. The third kappa shape index (κ3) is 3.71. The van der Waals surface area contributed by atoms with E-state index >= 15 is 0 Å². The Kier molecular flexibility index (Phi) is 5.00. The molecule has 0 bridgehead atoms. The Labute approximate surface area is 163 Å². The van der Waals surface area contributed by atoms with Gasteiger partial charge in [-0.2, -0.15) is 0 Å². The van der Waals surface area contributed by atoms with E-state index in [4.69, 9.17) is 0 Å². The number of benzene rings is 2. The maximum Gasteiger partial charge on any atom is 0.329 e. The van der Waals surface area contributed by atoms with Gasteiger partial charge in [0.05, 0.1) is 18.3 Å². The predicted octanol–water partition coefficient (Wildman–Crippen LogP) is 2.73. The van der Waals surface area contributed by atoms with E-state index in [-0.39, 0.29) is 30.3 Å². The van der Waals surface area contributed by atoms with Crippen LogP contribution in [0.4, 0.5) is 20.6 Å². The van der Waals surface area contributed by atoms with E-state index in [1.807, 2.05) is 25.1 Å². The van der Waals surface area contributed by atoms with Gasteiger partial charge in [0, 0.05) is 31.9 Å². The van der Waals surface area contributed by atoms with Crippen molar-refractivity contribution in [3.8, 4) is 0 Å². The van der Waals surface area contributed by atoms with E-state index in [9.17, 15) is 14.0 Å². The van der Waals surface area contributed by atoms with Gasteiger partial charge in [-0.1, -0.05) is 12.1 Å². The zero-order valence-electron chi connectivity index (χ0n) is 15.8. The summed E-state index contributed by atoms with van der Waals surface area (Å²) in [5.41, 5.74) is 2.58. The molecule has 2 aliphatic rings. The van der Waals surface area contributed by atoms with Crippen molar-refractivity contribution in [2.45, 2.75) is 19.5 Å². The van der Waals surface area contributed by atoms with E-state index < -0.39 is 0 Å². The van der Waals surface area contributed by atoms with Crippen molar-refractivity contribution in [2.24, 2.45) is 0 Å². The third-order valence-corrected chi connectivity index (χ3v) is 5.32. The number of carbonyl (C=O) groups excluding carboxylic acids is 2. The Bertz CT molecular complexity index is 860. The van der Waals surface area contributed by atoms with Crippen LogP contribution in [0.25, 0.3) is 0 Å². The minimum absolute atomic E-state index is 0.194. The summed E-state index contributed by atoms with van der Waals surface area (Å²) in [5, 5.41) is 2.97. The van der Waals surface area contributed by atoms with E-state index in [1.54, 1.807) is 18.2 Å². The third-order valence-electron chi connectivity index (χ3n) is 5.32. The van der Waals surface area contributed by atoms with Gasteiger partial charge >= 0.3 is 6.03 Å². The highest BCUT2D eigenvalue weighted by Crippen LogP contribution is 2.23. The first kappa shape index (κ1) is 18.4. The second-order valence-corrected chi connectivity index (χ2v) is 7.24. The van der Waals surface area contributed by atoms with Crippen molar-refractivity contribution in [3.05, 3.63) is 59.9 Å². The minimum Gasteiger partial charge on any atom is -0.369 e. The van der Waals surface area contributed by atoms with E-state index in [2.05, 4.69) is 15.1 Å². The molecule has 2 aliphatic heterocycles. The maximum atomic E-state index is 13.1. The largest absolute Gasteiger partial charge is 0.369 e. The molecule has 2 aromatic rings. The Morgan fingerprint density at radius 1 is 0.964 bits per heavy atom. The summed E-state index contributed by atoms with van der Waals surface area (Å²) in [5.74, 6) is -0.440. The zero-order chi connectivity index (χ0) is 19.7. The van der Waals surface area contributed by atoms with Crippen molar-refractivity contribution in [3.63, 3.8) is 0 Å². The van der Waals surface area contributed by atoms with Gasteiger partial charge in [0.15, 0.2) is 0 Å². The molecule has 2 aromatic carbocycles. The molecule has 1 unspecified atom stereocenters. The first-order valence-electron chi connectivity index (χ1n) is 9.46. The molecule has 0 saturated carbocycles. The summed E-state index contributed by atoms with van der Waals surface area (Å²) < 4.78 is 13.1.